The molecule has 2 heterocycles. The van der Waals surface area contributed by atoms with Crippen molar-refractivity contribution in [3.63, 3.8) is 0 Å². The third kappa shape index (κ3) is 2.83. The van der Waals surface area contributed by atoms with Gasteiger partial charge >= 0.3 is 12.1 Å². The van der Waals surface area contributed by atoms with E-state index in [0.717, 1.165) is 6.42 Å². The summed E-state index contributed by atoms with van der Waals surface area (Å²) in [7, 11) is 0. The average molecular weight is 315 g/mol. The zero-order chi connectivity index (χ0) is 16.6. The van der Waals surface area contributed by atoms with Crippen LogP contribution in [-0.4, -0.2) is 34.7 Å². The largest absolute Gasteiger partial charge is 0.478 e. The number of amides is 1. The Balaban J connectivity index is 1.89. The molecule has 3 aliphatic rings. The van der Waals surface area contributed by atoms with Crippen LogP contribution < -0.4 is 4.74 Å². The summed E-state index contributed by atoms with van der Waals surface area (Å²) in [5, 5.41) is 9.53. The number of fused-ring (bicyclic) bond motifs is 3. The van der Waals surface area contributed by atoms with Crippen LogP contribution >= 0.6 is 0 Å². The van der Waals surface area contributed by atoms with Gasteiger partial charge in [-0.15, -0.1) is 0 Å². The molecule has 2 bridgehead atoms. The van der Waals surface area contributed by atoms with E-state index in [1.54, 1.807) is 29.2 Å². The van der Waals surface area contributed by atoms with Gasteiger partial charge in [-0.2, -0.15) is 0 Å². The molecule has 5 heteroatoms. The standard InChI is InChI=1S/C18H21NO4/c1-12-10-14(16(20)21)15-8-9-18(12,2)11-19(15)17(22)23-13-6-4-3-5-7-13/h3-7,10,12,15H,8-9,11H2,1-2H3,(H,20,21)/t12-,15?,18?/m0/s1. The van der Waals surface area contributed by atoms with Crippen molar-refractivity contribution in [1.82, 2.24) is 4.90 Å². The minimum Gasteiger partial charge on any atom is -0.478 e. The maximum Gasteiger partial charge on any atom is 0.415 e. The van der Waals surface area contributed by atoms with Crippen LogP contribution in [-0.2, 0) is 4.79 Å². The molecule has 3 atom stereocenters. The van der Waals surface area contributed by atoms with Crippen molar-refractivity contribution in [2.45, 2.75) is 32.7 Å². The monoisotopic (exact) mass is 315 g/mol. The fourth-order valence-electron chi connectivity index (χ4n) is 3.53. The van der Waals surface area contributed by atoms with Crippen LogP contribution in [0.25, 0.3) is 0 Å². The molecular weight excluding hydrogens is 294 g/mol. The molecule has 1 saturated heterocycles. The smallest absolute Gasteiger partial charge is 0.415 e. The van der Waals surface area contributed by atoms with Crippen LogP contribution in [0.1, 0.15) is 26.7 Å². The summed E-state index contributed by atoms with van der Waals surface area (Å²) < 4.78 is 5.44. The lowest BCUT2D eigenvalue weighted by Gasteiger charge is -2.44. The van der Waals surface area contributed by atoms with Crippen molar-refractivity contribution >= 4 is 12.1 Å². The Morgan fingerprint density at radius 3 is 2.65 bits per heavy atom. The van der Waals surface area contributed by atoms with E-state index in [4.69, 9.17) is 4.74 Å². The number of hydrogen-bond acceptors (Lipinski definition) is 3. The molecule has 122 valence electrons. The third-order valence-electron chi connectivity index (χ3n) is 5.21. The van der Waals surface area contributed by atoms with Crippen molar-refractivity contribution in [2.75, 3.05) is 6.54 Å². The molecule has 1 N–H and O–H groups in total. The highest BCUT2D eigenvalue weighted by molar-refractivity contribution is 5.89. The number of hydrogen-bond donors (Lipinski definition) is 1. The Kier molecular flexibility index (Phi) is 3.88. The predicted molar refractivity (Wildman–Crippen MR) is 85.2 cm³/mol. The van der Waals surface area contributed by atoms with Gasteiger partial charge in [0.2, 0.25) is 0 Å². The second kappa shape index (κ2) is 5.72. The number of rotatable bonds is 2. The van der Waals surface area contributed by atoms with E-state index in [0.29, 0.717) is 24.3 Å². The minimum absolute atomic E-state index is 0.105. The van der Waals surface area contributed by atoms with Gasteiger partial charge < -0.3 is 9.84 Å². The number of carbonyl (C=O) groups excluding carboxylic acids is 1. The SMILES string of the molecule is C[C@H]1C=C(C(=O)O)C2CCC1(C)CN2C(=O)Oc1ccccc1. The summed E-state index contributed by atoms with van der Waals surface area (Å²) in [6, 6.07) is 8.45. The molecule has 2 aliphatic heterocycles. The predicted octanol–water partition coefficient (Wildman–Crippen LogP) is 3.32. The van der Waals surface area contributed by atoms with Crippen LogP contribution in [0.4, 0.5) is 4.79 Å². The fraction of sp³-hybridized carbons (Fsp3) is 0.444. The Bertz CT molecular complexity index is 654. The van der Waals surface area contributed by atoms with Gasteiger partial charge in [0.25, 0.3) is 0 Å². The number of carboxylic acid groups (broad SMARTS) is 1. The van der Waals surface area contributed by atoms with Crippen molar-refractivity contribution < 1.29 is 19.4 Å². The zero-order valence-corrected chi connectivity index (χ0v) is 13.4. The van der Waals surface area contributed by atoms with Gasteiger partial charge in [0.1, 0.15) is 5.75 Å². The molecule has 1 fully saturated rings. The summed E-state index contributed by atoms with van der Waals surface area (Å²) >= 11 is 0. The number of para-hydroxylation sites is 1. The summed E-state index contributed by atoms with van der Waals surface area (Å²) in [4.78, 5) is 25.8. The highest BCUT2D eigenvalue weighted by Crippen LogP contribution is 2.45. The maximum atomic E-state index is 12.6. The number of piperidine rings is 1. The molecule has 1 aliphatic carbocycles. The van der Waals surface area contributed by atoms with E-state index in [9.17, 15) is 14.7 Å². The molecule has 1 aromatic carbocycles. The summed E-state index contributed by atoms with van der Waals surface area (Å²) in [5.41, 5.74) is 0.187. The number of carbonyl (C=O) groups is 2. The second-order valence-corrected chi connectivity index (χ2v) is 6.73. The number of carboxylic acids is 1. The summed E-state index contributed by atoms with van der Waals surface area (Å²) in [6.07, 6.45) is 2.90. The van der Waals surface area contributed by atoms with Crippen LogP contribution in [0.15, 0.2) is 42.0 Å². The van der Waals surface area contributed by atoms with Crippen molar-refractivity contribution in [2.24, 2.45) is 11.3 Å². The van der Waals surface area contributed by atoms with Gasteiger partial charge in [0, 0.05) is 6.54 Å². The molecule has 1 amide bonds. The first-order chi connectivity index (χ1) is 10.9. The van der Waals surface area contributed by atoms with Crippen molar-refractivity contribution in [3.05, 3.63) is 42.0 Å². The Hall–Kier alpha value is -2.30. The Labute approximate surface area is 135 Å². The number of aliphatic carboxylic acids is 1. The van der Waals surface area contributed by atoms with Crippen molar-refractivity contribution in [1.29, 1.82) is 0 Å². The van der Waals surface area contributed by atoms with Crippen LogP contribution in [0.5, 0.6) is 5.75 Å². The highest BCUT2D eigenvalue weighted by atomic mass is 16.6. The lowest BCUT2D eigenvalue weighted by molar-refractivity contribution is -0.133. The Morgan fingerprint density at radius 1 is 1.30 bits per heavy atom. The molecular formula is C18H21NO4. The summed E-state index contributed by atoms with van der Waals surface area (Å²) in [5.74, 6) is -0.379. The van der Waals surface area contributed by atoms with Gasteiger partial charge in [0.15, 0.2) is 0 Å². The van der Waals surface area contributed by atoms with Gasteiger partial charge in [-0.25, -0.2) is 9.59 Å². The number of allylic oxidation sites excluding steroid dienone is 1. The molecule has 23 heavy (non-hydrogen) atoms. The molecule has 1 aromatic rings. The molecule has 0 radical (unpaired) electrons. The van der Waals surface area contributed by atoms with Crippen LogP contribution in [0.2, 0.25) is 0 Å². The van der Waals surface area contributed by atoms with Gasteiger partial charge in [0.05, 0.1) is 11.6 Å². The number of benzene rings is 1. The Morgan fingerprint density at radius 2 is 2.00 bits per heavy atom. The highest BCUT2D eigenvalue weighted by Gasteiger charge is 2.47. The van der Waals surface area contributed by atoms with E-state index < -0.39 is 18.1 Å². The average Bonchev–Trinajstić information content (AvgIpc) is 2.72. The summed E-state index contributed by atoms with van der Waals surface area (Å²) in [6.45, 7) is 4.65. The van der Waals surface area contributed by atoms with Crippen molar-refractivity contribution in [3.8, 4) is 5.75 Å². The molecule has 4 rings (SSSR count). The van der Waals surface area contributed by atoms with E-state index in [-0.39, 0.29) is 11.3 Å². The second-order valence-electron chi connectivity index (χ2n) is 6.73. The van der Waals surface area contributed by atoms with Gasteiger partial charge in [-0.3, -0.25) is 4.90 Å². The van der Waals surface area contributed by atoms with Crippen LogP contribution in [0, 0.1) is 11.3 Å². The fourth-order valence-corrected chi connectivity index (χ4v) is 3.53. The number of nitrogens with zero attached hydrogens (tertiary/aromatic N) is 1. The first-order valence-electron chi connectivity index (χ1n) is 7.89. The molecule has 0 saturated carbocycles. The number of ether oxygens (including phenoxy) is 1. The van der Waals surface area contributed by atoms with E-state index >= 15 is 0 Å². The normalized spacial score (nSPS) is 29.7. The van der Waals surface area contributed by atoms with E-state index in [1.807, 2.05) is 19.1 Å². The van der Waals surface area contributed by atoms with Gasteiger partial charge in [-0.05, 0) is 36.3 Å². The first kappa shape index (κ1) is 15.6. The molecule has 0 spiro atoms. The lowest BCUT2D eigenvalue weighted by Crippen LogP contribution is -2.52. The lowest BCUT2D eigenvalue weighted by atomic mass is 9.73. The van der Waals surface area contributed by atoms with Crippen LogP contribution in [0.3, 0.4) is 0 Å². The van der Waals surface area contributed by atoms with E-state index in [1.165, 1.54) is 0 Å². The quantitative estimate of drug-likeness (QED) is 0.909. The maximum absolute atomic E-state index is 12.6. The molecule has 0 aromatic heterocycles. The molecule has 5 nitrogen and oxygen atoms in total. The first-order valence-corrected chi connectivity index (χ1v) is 7.89. The topological polar surface area (TPSA) is 66.8 Å². The van der Waals surface area contributed by atoms with E-state index in [2.05, 4.69) is 6.92 Å². The minimum atomic E-state index is -0.953. The van der Waals surface area contributed by atoms with Gasteiger partial charge in [-0.1, -0.05) is 38.1 Å². The molecule has 2 unspecified atom stereocenters. The zero-order valence-electron chi connectivity index (χ0n) is 13.4. The third-order valence-corrected chi connectivity index (χ3v) is 5.21.